The van der Waals surface area contributed by atoms with Crippen molar-refractivity contribution in [3.05, 3.63) is 29.8 Å². The lowest BCUT2D eigenvalue weighted by Gasteiger charge is -2.25. The molecule has 2 rings (SSSR count). The highest BCUT2D eigenvalue weighted by atomic mass is 32.2. The first-order valence-electron chi connectivity index (χ1n) is 8.98. The monoisotopic (exact) mass is 398 g/mol. The van der Waals surface area contributed by atoms with Gasteiger partial charge in [0, 0.05) is 33.4 Å². The number of methoxy groups -OCH3 is 1. The Bertz CT molecular complexity index is 744. The van der Waals surface area contributed by atoms with Gasteiger partial charge in [-0.05, 0) is 37.5 Å². The lowest BCUT2D eigenvalue weighted by atomic mass is 10.2. The van der Waals surface area contributed by atoms with Crippen LogP contribution in [0, 0.1) is 0 Å². The molecule has 0 aromatic heterocycles. The molecule has 9 heteroatoms. The normalized spacial score (nSPS) is 15.3. The predicted molar refractivity (Wildman–Crippen MR) is 98.8 cm³/mol. The highest BCUT2D eigenvalue weighted by Gasteiger charge is 2.26. The number of sulfonamides is 1. The molecule has 1 heterocycles. The average Bonchev–Trinajstić information content (AvgIpc) is 2.70. The van der Waals surface area contributed by atoms with Crippen molar-refractivity contribution < 1.29 is 27.5 Å². The molecule has 0 saturated carbocycles. The maximum absolute atomic E-state index is 12.7. The van der Waals surface area contributed by atoms with Crippen LogP contribution in [-0.4, -0.2) is 64.6 Å². The summed E-state index contributed by atoms with van der Waals surface area (Å²) in [5.74, 6) is -1.16. The zero-order valence-corrected chi connectivity index (χ0v) is 16.3. The van der Waals surface area contributed by atoms with E-state index in [0.29, 0.717) is 32.7 Å². The molecule has 1 aliphatic heterocycles. The van der Waals surface area contributed by atoms with Gasteiger partial charge in [0.15, 0.2) is 6.61 Å². The van der Waals surface area contributed by atoms with Gasteiger partial charge in [-0.25, -0.2) is 13.2 Å². The van der Waals surface area contributed by atoms with E-state index in [4.69, 9.17) is 9.47 Å². The third kappa shape index (κ3) is 6.30. The largest absolute Gasteiger partial charge is 0.452 e. The first-order chi connectivity index (χ1) is 12.9. The Morgan fingerprint density at radius 2 is 1.93 bits per heavy atom. The molecule has 1 fully saturated rings. The Morgan fingerprint density at radius 1 is 1.19 bits per heavy atom. The summed E-state index contributed by atoms with van der Waals surface area (Å²) in [5.41, 5.74) is 0.0975. The van der Waals surface area contributed by atoms with Crippen LogP contribution in [0.25, 0.3) is 0 Å². The maximum atomic E-state index is 12.7. The Balaban J connectivity index is 1.94. The van der Waals surface area contributed by atoms with Crippen molar-refractivity contribution in [2.75, 3.05) is 40.0 Å². The smallest absolute Gasteiger partial charge is 0.338 e. The van der Waals surface area contributed by atoms with E-state index in [1.165, 1.54) is 28.6 Å². The van der Waals surface area contributed by atoms with Crippen LogP contribution in [0.15, 0.2) is 29.2 Å². The third-order valence-corrected chi connectivity index (χ3v) is 6.10. The van der Waals surface area contributed by atoms with Crippen molar-refractivity contribution in [2.45, 2.75) is 30.6 Å². The maximum Gasteiger partial charge on any atom is 0.338 e. The van der Waals surface area contributed by atoms with Crippen molar-refractivity contribution in [1.29, 1.82) is 0 Å². The molecule has 0 radical (unpaired) electrons. The van der Waals surface area contributed by atoms with Crippen molar-refractivity contribution >= 4 is 21.9 Å². The van der Waals surface area contributed by atoms with Crippen molar-refractivity contribution in [3.8, 4) is 0 Å². The standard InChI is InChI=1S/C18H26N2O6S/c1-25-12-6-9-19-17(21)14-26-18(22)15-7-5-8-16(13-15)27(23,24)20-10-3-2-4-11-20/h5,7-8,13H,2-4,6,9-12,14H2,1H3,(H,19,21). The van der Waals surface area contributed by atoms with Crippen LogP contribution in [0.5, 0.6) is 0 Å². The van der Waals surface area contributed by atoms with E-state index >= 15 is 0 Å². The van der Waals surface area contributed by atoms with Gasteiger partial charge < -0.3 is 14.8 Å². The van der Waals surface area contributed by atoms with E-state index in [9.17, 15) is 18.0 Å². The summed E-state index contributed by atoms with van der Waals surface area (Å²) < 4.78 is 36.7. The summed E-state index contributed by atoms with van der Waals surface area (Å²) in [6.45, 7) is 1.50. The SMILES string of the molecule is COCCCNC(=O)COC(=O)c1cccc(S(=O)(=O)N2CCCCC2)c1. The van der Waals surface area contributed by atoms with Crippen LogP contribution in [0.4, 0.5) is 0 Å². The van der Waals surface area contributed by atoms with Crippen LogP contribution in [0.2, 0.25) is 0 Å². The van der Waals surface area contributed by atoms with Gasteiger partial charge in [-0.3, -0.25) is 4.79 Å². The van der Waals surface area contributed by atoms with Gasteiger partial charge in [-0.2, -0.15) is 4.31 Å². The molecule has 1 aromatic carbocycles. The molecule has 0 aliphatic carbocycles. The number of carbonyl (C=O) groups excluding carboxylic acids is 2. The predicted octanol–water partition coefficient (Wildman–Crippen LogP) is 1.17. The van der Waals surface area contributed by atoms with Crippen molar-refractivity contribution in [2.24, 2.45) is 0 Å². The number of carbonyl (C=O) groups is 2. The number of nitrogens with one attached hydrogen (secondary N) is 1. The summed E-state index contributed by atoms with van der Waals surface area (Å²) in [7, 11) is -2.06. The summed E-state index contributed by atoms with van der Waals surface area (Å²) in [5, 5.41) is 2.60. The number of hydrogen-bond acceptors (Lipinski definition) is 6. The Morgan fingerprint density at radius 3 is 2.63 bits per heavy atom. The van der Waals surface area contributed by atoms with Gasteiger partial charge in [0.05, 0.1) is 10.5 Å². The van der Waals surface area contributed by atoms with Gasteiger partial charge in [-0.1, -0.05) is 12.5 Å². The molecule has 1 saturated heterocycles. The van der Waals surface area contributed by atoms with Crippen LogP contribution in [0.1, 0.15) is 36.0 Å². The fourth-order valence-electron chi connectivity index (χ4n) is 2.75. The first-order valence-corrected chi connectivity index (χ1v) is 10.4. The fraction of sp³-hybridized carbons (Fsp3) is 0.556. The van der Waals surface area contributed by atoms with Crippen LogP contribution < -0.4 is 5.32 Å². The number of amides is 1. The fourth-order valence-corrected chi connectivity index (χ4v) is 4.31. The Hall–Kier alpha value is -1.97. The number of hydrogen-bond donors (Lipinski definition) is 1. The average molecular weight is 398 g/mol. The quantitative estimate of drug-likeness (QED) is 0.495. The molecule has 0 atom stereocenters. The first kappa shape index (κ1) is 21.3. The Labute approximate surface area is 159 Å². The van der Waals surface area contributed by atoms with Crippen molar-refractivity contribution in [3.63, 3.8) is 0 Å². The summed E-state index contributed by atoms with van der Waals surface area (Å²) >= 11 is 0. The molecule has 0 unspecified atom stereocenters. The molecule has 8 nitrogen and oxygen atoms in total. The number of nitrogens with zero attached hydrogens (tertiary/aromatic N) is 1. The number of rotatable bonds is 9. The van der Waals surface area contributed by atoms with E-state index in [-0.39, 0.29) is 10.5 Å². The van der Waals surface area contributed by atoms with E-state index in [0.717, 1.165) is 19.3 Å². The van der Waals surface area contributed by atoms with Gasteiger partial charge in [0.2, 0.25) is 10.0 Å². The van der Waals surface area contributed by atoms with E-state index in [1.807, 2.05) is 0 Å². The van der Waals surface area contributed by atoms with Crippen LogP contribution in [-0.2, 0) is 24.3 Å². The highest BCUT2D eigenvalue weighted by Crippen LogP contribution is 2.21. The van der Waals surface area contributed by atoms with E-state index < -0.39 is 28.5 Å². The number of ether oxygens (including phenoxy) is 2. The molecule has 27 heavy (non-hydrogen) atoms. The number of benzene rings is 1. The van der Waals surface area contributed by atoms with Gasteiger partial charge in [0.25, 0.3) is 5.91 Å². The topological polar surface area (TPSA) is 102 Å². The third-order valence-electron chi connectivity index (χ3n) is 4.20. The number of piperidine rings is 1. The zero-order chi connectivity index (χ0) is 19.7. The summed E-state index contributed by atoms with van der Waals surface area (Å²) in [6, 6.07) is 5.72. The molecule has 0 spiro atoms. The minimum absolute atomic E-state index is 0.0582. The molecule has 1 N–H and O–H groups in total. The van der Waals surface area contributed by atoms with Gasteiger partial charge in [0.1, 0.15) is 0 Å². The van der Waals surface area contributed by atoms with Crippen molar-refractivity contribution in [1.82, 2.24) is 9.62 Å². The highest BCUT2D eigenvalue weighted by molar-refractivity contribution is 7.89. The summed E-state index contributed by atoms with van der Waals surface area (Å²) in [4.78, 5) is 23.9. The molecular weight excluding hydrogens is 372 g/mol. The molecule has 1 amide bonds. The molecule has 1 aliphatic rings. The molecular formula is C18H26N2O6S. The second kappa shape index (κ2) is 10.4. The minimum Gasteiger partial charge on any atom is -0.452 e. The second-order valence-electron chi connectivity index (χ2n) is 6.27. The minimum atomic E-state index is -3.63. The van der Waals surface area contributed by atoms with Crippen LogP contribution in [0.3, 0.4) is 0 Å². The molecule has 0 bridgehead atoms. The zero-order valence-electron chi connectivity index (χ0n) is 15.5. The van der Waals surface area contributed by atoms with E-state index in [2.05, 4.69) is 5.32 Å². The number of esters is 1. The van der Waals surface area contributed by atoms with E-state index in [1.54, 1.807) is 7.11 Å². The second-order valence-corrected chi connectivity index (χ2v) is 8.20. The van der Waals surface area contributed by atoms with Crippen LogP contribution >= 0.6 is 0 Å². The lowest BCUT2D eigenvalue weighted by Crippen LogP contribution is -2.35. The summed E-state index contributed by atoms with van der Waals surface area (Å²) in [6.07, 6.45) is 3.35. The van der Waals surface area contributed by atoms with Gasteiger partial charge in [-0.15, -0.1) is 0 Å². The lowest BCUT2D eigenvalue weighted by molar-refractivity contribution is -0.124. The molecule has 1 aromatic rings. The Kier molecular flexibility index (Phi) is 8.21. The van der Waals surface area contributed by atoms with Gasteiger partial charge >= 0.3 is 5.97 Å². The molecule has 150 valence electrons.